The lowest BCUT2D eigenvalue weighted by molar-refractivity contribution is 0.503. The van der Waals surface area contributed by atoms with E-state index in [-0.39, 0.29) is 0 Å². The molecule has 0 aromatic carbocycles. The third-order valence-electron chi connectivity index (χ3n) is 3.17. The van der Waals surface area contributed by atoms with E-state index in [1.54, 1.807) is 6.26 Å². The van der Waals surface area contributed by atoms with Crippen molar-refractivity contribution in [2.24, 2.45) is 0 Å². The molecule has 4 heteroatoms. The molecule has 4 nitrogen and oxygen atoms in total. The predicted octanol–water partition coefficient (Wildman–Crippen LogP) is 3.20. The minimum atomic E-state index is 0.464. The van der Waals surface area contributed by atoms with Crippen LogP contribution >= 0.6 is 0 Å². The van der Waals surface area contributed by atoms with E-state index in [0.29, 0.717) is 6.04 Å². The van der Waals surface area contributed by atoms with Crippen molar-refractivity contribution < 1.29 is 4.42 Å². The highest BCUT2D eigenvalue weighted by molar-refractivity contribution is 5.46. The van der Waals surface area contributed by atoms with Crippen LogP contribution in [0.1, 0.15) is 32.2 Å². The van der Waals surface area contributed by atoms with Gasteiger partial charge in [-0.3, -0.25) is 4.98 Å². The van der Waals surface area contributed by atoms with Gasteiger partial charge in [-0.05, 0) is 31.2 Å². The average Bonchev–Trinajstić information content (AvgIpc) is 2.96. The third kappa shape index (κ3) is 4.10. The summed E-state index contributed by atoms with van der Waals surface area (Å²) in [4.78, 5) is 6.69. The van der Waals surface area contributed by atoms with Crippen LogP contribution in [0.25, 0.3) is 0 Å². The van der Waals surface area contributed by atoms with E-state index >= 15 is 0 Å². The number of hydrogen-bond acceptors (Lipinski definition) is 4. The Morgan fingerprint density at radius 3 is 2.85 bits per heavy atom. The minimum Gasteiger partial charge on any atom is -0.467 e. The number of anilines is 1. The fourth-order valence-corrected chi connectivity index (χ4v) is 2.04. The Kier molecular flexibility index (Phi) is 5.18. The SMILES string of the molecule is CCN(Cc1ccco1)c1ccnc(CNC(C)C)c1. The summed E-state index contributed by atoms with van der Waals surface area (Å²) >= 11 is 0. The number of hydrogen-bond donors (Lipinski definition) is 1. The highest BCUT2D eigenvalue weighted by Gasteiger charge is 2.08. The topological polar surface area (TPSA) is 41.3 Å². The molecular weight excluding hydrogens is 250 g/mol. The van der Waals surface area contributed by atoms with Crippen molar-refractivity contribution in [2.45, 2.75) is 39.9 Å². The van der Waals surface area contributed by atoms with Crippen molar-refractivity contribution in [1.82, 2.24) is 10.3 Å². The van der Waals surface area contributed by atoms with Crippen LogP contribution in [0.3, 0.4) is 0 Å². The highest BCUT2D eigenvalue weighted by atomic mass is 16.3. The summed E-state index contributed by atoms with van der Waals surface area (Å²) < 4.78 is 5.43. The summed E-state index contributed by atoms with van der Waals surface area (Å²) in [6.07, 6.45) is 3.59. The molecule has 0 aliphatic carbocycles. The normalized spacial score (nSPS) is 11.0. The summed E-state index contributed by atoms with van der Waals surface area (Å²) in [6, 6.07) is 8.58. The summed E-state index contributed by atoms with van der Waals surface area (Å²) in [6.45, 7) is 8.93. The second-order valence-electron chi connectivity index (χ2n) is 5.13. The maximum Gasteiger partial charge on any atom is 0.123 e. The Hall–Kier alpha value is -1.81. The Morgan fingerprint density at radius 2 is 2.20 bits per heavy atom. The second-order valence-corrected chi connectivity index (χ2v) is 5.13. The van der Waals surface area contributed by atoms with E-state index in [9.17, 15) is 0 Å². The van der Waals surface area contributed by atoms with Crippen molar-refractivity contribution in [3.05, 3.63) is 48.2 Å². The Morgan fingerprint density at radius 1 is 1.35 bits per heavy atom. The molecule has 0 amide bonds. The van der Waals surface area contributed by atoms with E-state index in [2.05, 4.69) is 42.0 Å². The maximum atomic E-state index is 5.43. The lowest BCUT2D eigenvalue weighted by Gasteiger charge is -2.22. The first-order chi connectivity index (χ1) is 9.69. The molecule has 0 aliphatic heterocycles. The molecule has 0 saturated carbocycles. The first-order valence-corrected chi connectivity index (χ1v) is 7.14. The smallest absolute Gasteiger partial charge is 0.123 e. The van der Waals surface area contributed by atoms with Gasteiger partial charge in [0.05, 0.1) is 18.5 Å². The quantitative estimate of drug-likeness (QED) is 0.841. The van der Waals surface area contributed by atoms with Crippen molar-refractivity contribution >= 4 is 5.69 Å². The van der Waals surface area contributed by atoms with Gasteiger partial charge in [0, 0.05) is 31.0 Å². The van der Waals surface area contributed by atoms with Gasteiger partial charge in [0.2, 0.25) is 0 Å². The first-order valence-electron chi connectivity index (χ1n) is 7.14. The number of furan rings is 1. The number of nitrogens with zero attached hydrogens (tertiary/aromatic N) is 2. The van der Waals surface area contributed by atoms with E-state index in [1.165, 1.54) is 5.69 Å². The van der Waals surface area contributed by atoms with Crippen LogP contribution in [0.2, 0.25) is 0 Å². The molecule has 2 rings (SSSR count). The van der Waals surface area contributed by atoms with Gasteiger partial charge in [-0.25, -0.2) is 0 Å². The summed E-state index contributed by atoms with van der Waals surface area (Å²) in [7, 11) is 0. The van der Waals surface area contributed by atoms with Gasteiger partial charge in [-0.1, -0.05) is 13.8 Å². The fourth-order valence-electron chi connectivity index (χ4n) is 2.04. The molecule has 20 heavy (non-hydrogen) atoms. The van der Waals surface area contributed by atoms with Gasteiger partial charge in [0.1, 0.15) is 5.76 Å². The van der Waals surface area contributed by atoms with Crippen LogP contribution in [0.5, 0.6) is 0 Å². The van der Waals surface area contributed by atoms with Crippen molar-refractivity contribution in [2.75, 3.05) is 11.4 Å². The molecule has 0 spiro atoms. The number of pyridine rings is 1. The number of aromatic nitrogens is 1. The summed E-state index contributed by atoms with van der Waals surface area (Å²) in [5.74, 6) is 0.977. The Bertz CT molecular complexity index is 508. The van der Waals surface area contributed by atoms with E-state index in [4.69, 9.17) is 4.42 Å². The van der Waals surface area contributed by atoms with Gasteiger partial charge in [0.15, 0.2) is 0 Å². The van der Waals surface area contributed by atoms with E-state index in [1.807, 2.05) is 24.4 Å². The molecule has 2 aromatic heterocycles. The molecular formula is C16H23N3O. The number of nitrogens with one attached hydrogen (secondary N) is 1. The minimum absolute atomic E-state index is 0.464. The molecule has 0 bridgehead atoms. The van der Waals surface area contributed by atoms with Crippen molar-refractivity contribution in [3.8, 4) is 0 Å². The van der Waals surface area contributed by atoms with Crippen LogP contribution in [-0.2, 0) is 13.1 Å². The zero-order chi connectivity index (χ0) is 14.4. The van der Waals surface area contributed by atoms with Crippen LogP contribution in [0.4, 0.5) is 5.69 Å². The molecule has 0 aliphatic rings. The average molecular weight is 273 g/mol. The lowest BCUT2D eigenvalue weighted by atomic mass is 10.2. The van der Waals surface area contributed by atoms with Gasteiger partial charge in [0.25, 0.3) is 0 Å². The Balaban J connectivity index is 2.07. The molecule has 0 radical (unpaired) electrons. The zero-order valence-electron chi connectivity index (χ0n) is 12.5. The summed E-state index contributed by atoms with van der Waals surface area (Å²) in [5.41, 5.74) is 2.24. The lowest BCUT2D eigenvalue weighted by Crippen LogP contribution is -2.24. The summed E-state index contributed by atoms with van der Waals surface area (Å²) in [5, 5.41) is 3.39. The largest absolute Gasteiger partial charge is 0.467 e. The monoisotopic (exact) mass is 273 g/mol. The van der Waals surface area contributed by atoms with E-state index in [0.717, 1.165) is 31.1 Å². The van der Waals surface area contributed by atoms with Crippen LogP contribution < -0.4 is 10.2 Å². The number of rotatable bonds is 7. The molecule has 0 unspecified atom stereocenters. The third-order valence-corrected chi connectivity index (χ3v) is 3.17. The second kappa shape index (κ2) is 7.10. The molecule has 108 valence electrons. The van der Waals surface area contributed by atoms with Crippen molar-refractivity contribution in [1.29, 1.82) is 0 Å². The molecule has 0 saturated heterocycles. The highest BCUT2D eigenvalue weighted by Crippen LogP contribution is 2.17. The standard InChI is InChI=1S/C16H23N3O/c1-4-19(12-16-6-5-9-20-16)15-7-8-17-14(10-15)11-18-13(2)3/h5-10,13,18H,4,11-12H2,1-3H3. The Labute approximate surface area is 120 Å². The van der Waals surface area contributed by atoms with Gasteiger partial charge in [-0.15, -0.1) is 0 Å². The molecule has 2 aromatic rings. The molecule has 0 fully saturated rings. The zero-order valence-corrected chi connectivity index (χ0v) is 12.5. The van der Waals surface area contributed by atoms with Crippen LogP contribution in [0.15, 0.2) is 41.1 Å². The first kappa shape index (κ1) is 14.6. The molecule has 0 atom stereocenters. The van der Waals surface area contributed by atoms with Gasteiger partial charge < -0.3 is 14.6 Å². The maximum absolute atomic E-state index is 5.43. The van der Waals surface area contributed by atoms with Crippen LogP contribution in [0, 0.1) is 0 Å². The molecule has 1 N–H and O–H groups in total. The predicted molar refractivity (Wildman–Crippen MR) is 81.6 cm³/mol. The van der Waals surface area contributed by atoms with E-state index < -0.39 is 0 Å². The fraction of sp³-hybridized carbons (Fsp3) is 0.438. The molecule has 2 heterocycles. The van der Waals surface area contributed by atoms with Gasteiger partial charge >= 0.3 is 0 Å². The van der Waals surface area contributed by atoms with Crippen LogP contribution in [-0.4, -0.2) is 17.6 Å². The van der Waals surface area contributed by atoms with Gasteiger partial charge in [-0.2, -0.15) is 0 Å². The van der Waals surface area contributed by atoms with Crippen molar-refractivity contribution in [3.63, 3.8) is 0 Å².